The van der Waals surface area contributed by atoms with Crippen LogP contribution in [0.3, 0.4) is 0 Å². The lowest BCUT2D eigenvalue weighted by atomic mass is 9.84. The normalized spacial score (nSPS) is 24.0. The molecule has 0 N–H and O–H groups in total. The summed E-state index contributed by atoms with van der Waals surface area (Å²) in [5.74, 6) is 0. The highest BCUT2D eigenvalue weighted by atomic mass is 19.3. The first-order valence-corrected chi connectivity index (χ1v) is 3.99. The first-order valence-electron chi connectivity index (χ1n) is 3.99. The molecule has 0 heterocycles. The maximum absolute atomic E-state index is 12.4. The second-order valence-electron chi connectivity index (χ2n) is 3.22. The lowest BCUT2D eigenvalue weighted by Gasteiger charge is -2.25. The van der Waals surface area contributed by atoms with Crippen LogP contribution in [0.5, 0.6) is 0 Å². The van der Waals surface area contributed by atoms with E-state index in [2.05, 4.69) is 0 Å². The molecule has 0 atom stereocenters. The van der Waals surface area contributed by atoms with Gasteiger partial charge in [-0.25, -0.2) is 8.78 Å². The molecule has 0 unspecified atom stereocenters. The van der Waals surface area contributed by atoms with Crippen LogP contribution in [-0.2, 0) is 0 Å². The predicted molar refractivity (Wildman–Crippen MR) is 37.2 cm³/mol. The van der Waals surface area contributed by atoms with Gasteiger partial charge in [-0.3, -0.25) is 0 Å². The Morgan fingerprint density at radius 3 is 2.00 bits per heavy atom. The third-order valence-corrected chi connectivity index (χ3v) is 2.77. The minimum Gasteiger partial charge on any atom is -0.210 e. The molecule has 0 radical (unpaired) electrons. The standard InChI is InChI=1S/C8H14F2/c1-2-8(7(9)10)5-3-4-6-8/h7H,2-6H2,1H3. The number of alkyl halides is 2. The molecule has 0 saturated heterocycles. The summed E-state index contributed by atoms with van der Waals surface area (Å²) < 4.78 is 24.8. The molecule has 60 valence electrons. The van der Waals surface area contributed by atoms with Crippen molar-refractivity contribution in [3.8, 4) is 0 Å². The van der Waals surface area contributed by atoms with Crippen molar-refractivity contribution in [1.29, 1.82) is 0 Å². The molecular weight excluding hydrogens is 134 g/mol. The SMILES string of the molecule is CCC1(C(F)F)CCCC1. The maximum atomic E-state index is 12.4. The molecule has 2 heteroatoms. The molecule has 0 bridgehead atoms. The van der Waals surface area contributed by atoms with E-state index in [0.29, 0.717) is 6.42 Å². The summed E-state index contributed by atoms with van der Waals surface area (Å²) in [5, 5.41) is 0. The molecular formula is C8H14F2. The van der Waals surface area contributed by atoms with Gasteiger partial charge in [0.1, 0.15) is 0 Å². The second-order valence-corrected chi connectivity index (χ2v) is 3.22. The summed E-state index contributed by atoms with van der Waals surface area (Å²) in [5.41, 5.74) is -0.597. The van der Waals surface area contributed by atoms with Crippen LogP contribution in [-0.4, -0.2) is 6.43 Å². The van der Waals surface area contributed by atoms with Crippen molar-refractivity contribution in [2.45, 2.75) is 45.5 Å². The number of rotatable bonds is 2. The van der Waals surface area contributed by atoms with Crippen LogP contribution in [0, 0.1) is 5.41 Å². The molecule has 0 aromatic carbocycles. The highest BCUT2D eigenvalue weighted by Crippen LogP contribution is 2.45. The van der Waals surface area contributed by atoms with Crippen LogP contribution >= 0.6 is 0 Å². The molecule has 0 nitrogen and oxygen atoms in total. The van der Waals surface area contributed by atoms with Gasteiger partial charge < -0.3 is 0 Å². The third-order valence-electron chi connectivity index (χ3n) is 2.77. The molecule has 1 rings (SSSR count). The molecule has 1 fully saturated rings. The fourth-order valence-electron chi connectivity index (χ4n) is 1.81. The Morgan fingerprint density at radius 1 is 1.30 bits per heavy atom. The van der Waals surface area contributed by atoms with Crippen molar-refractivity contribution in [1.82, 2.24) is 0 Å². The number of hydrogen-bond acceptors (Lipinski definition) is 0. The smallest absolute Gasteiger partial charge is 0.210 e. The molecule has 1 aliphatic rings. The second kappa shape index (κ2) is 2.85. The van der Waals surface area contributed by atoms with E-state index >= 15 is 0 Å². The highest BCUT2D eigenvalue weighted by Gasteiger charge is 2.40. The van der Waals surface area contributed by atoms with E-state index in [1.807, 2.05) is 6.92 Å². The zero-order valence-electron chi connectivity index (χ0n) is 6.37. The Bertz CT molecular complexity index is 104. The molecule has 0 spiro atoms. The molecule has 0 aliphatic heterocycles. The van der Waals surface area contributed by atoms with Crippen molar-refractivity contribution >= 4 is 0 Å². The zero-order chi connectivity index (χ0) is 7.61. The predicted octanol–water partition coefficient (Wildman–Crippen LogP) is 3.22. The van der Waals surface area contributed by atoms with Crippen molar-refractivity contribution in [2.24, 2.45) is 5.41 Å². The molecule has 1 aliphatic carbocycles. The van der Waals surface area contributed by atoms with Gasteiger partial charge in [0.2, 0.25) is 6.43 Å². The fraction of sp³-hybridized carbons (Fsp3) is 1.00. The summed E-state index contributed by atoms with van der Waals surface area (Å²) >= 11 is 0. The van der Waals surface area contributed by atoms with Crippen molar-refractivity contribution in [2.75, 3.05) is 0 Å². The number of hydrogen-bond donors (Lipinski definition) is 0. The van der Waals surface area contributed by atoms with E-state index in [0.717, 1.165) is 25.7 Å². The Morgan fingerprint density at radius 2 is 1.80 bits per heavy atom. The Kier molecular flexibility index (Phi) is 2.27. The maximum Gasteiger partial charge on any atom is 0.244 e. The van der Waals surface area contributed by atoms with Crippen LogP contribution < -0.4 is 0 Å². The van der Waals surface area contributed by atoms with E-state index in [4.69, 9.17) is 0 Å². The van der Waals surface area contributed by atoms with Crippen molar-refractivity contribution in [3.05, 3.63) is 0 Å². The third kappa shape index (κ3) is 1.16. The Balaban J connectivity index is 2.58. The van der Waals surface area contributed by atoms with Crippen LogP contribution in [0.2, 0.25) is 0 Å². The van der Waals surface area contributed by atoms with Crippen LogP contribution in [0.15, 0.2) is 0 Å². The molecule has 0 amide bonds. The van der Waals surface area contributed by atoms with Crippen LogP contribution in [0.1, 0.15) is 39.0 Å². The fourth-order valence-corrected chi connectivity index (χ4v) is 1.81. The quantitative estimate of drug-likeness (QED) is 0.564. The van der Waals surface area contributed by atoms with Gasteiger partial charge in [-0.15, -0.1) is 0 Å². The molecule has 0 aromatic rings. The van der Waals surface area contributed by atoms with Gasteiger partial charge in [0.05, 0.1) is 0 Å². The summed E-state index contributed by atoms with van der Waals surface area (Å²) in [4.78, 5) is 0. The van der Waals surface area contributed by atoms with Gasteiger partial charge in [-0.2, -0.15) is 0 Å². The summed E-state index contributed by atoms with van der Waals surface area (Å²) in [6.45, 7) is 1.87. The van der Waals surface area contributed by atoms with Crippen LogP contribution in [0.4, 0.5) is 8.78 Å². The average Bonchev–Trinajstić information content (AvgIpc) is 2.35. The van der Waals surface area contributed by atoms with Crippen molar-refractivity contribution in [3.63, 3.8) is 0 Å². The minimum absolute atomic E-state index is 0.597. The van der Waals surface area contributed by atoms with Gasteiger partial charge in [0.25, 0.3) is 0 Å². The Hall–Kier alpha value is -0.140. The largest absolute Gasteiger partial charge is 0.244 e. The van der Waals surface area contributed by atoms with Crippen molar-refractivity contribution < 1.29 is 8.78 Å². The lowest BCUT2D eigenvalue weighted by molar-refractivity contribution is -0.00397. The highest BCUT2D eigenvalue weighted by molar-refractivity contribution is 4.85. The van der Waals surface area contributed by atoms with Gasteiger partial charge in [0, 0.05) is 5.41 Å². The summed E-state index contributed by atoms with van der Waals surface area (Å²) in [6.07, 6.45) is 2.02. The van der Waals surface area contributed by atoms with E-state index in [1.54, 1.807) is 0 Å². The van der Waals surface area contributed by atoms with Crippen LogP contribution in [0.25, 0.3) is 0 Å². The van der Waals surface area contributed by atoms with Gasteiger partial charge in [-0.05, 0) is 19.3 Å². The topological polar surface area (TPSA) is 0 Å². The summed E-state index contributed by atoms with van der Waals surface area (Å²) in [7, 11) is 0. The Labute approximate surface area is 60.6 Å². The molecule has 1 saturated carbocycles. The molecule has 10 heavy (non-hydrogen) atoms. The molecule has 0 aromatic heterocycles. The van der Waals surface area contributed by atoms with Gasteiger partial charge in [0.15, 0.2) is 0 Å². The van der Waals surface area contributed by atoms with E-state index < -0.39 is 11.8 Å². The lowest BCUT2D eigenvalue weighted by Crippen LogP contribution is -2.24. The average molecular weight is 148 g/mol. The van der Waals surface area contributed by atoms with E-state index in [-0.39, 0.29) is 0 Å². The minimum atomic E-state index is -2.10. The van der Waals surface area contributed by atoms with Gasteiger partial charge >= 0.3 is 0 Å². The summed E-state index contributed by atoms with van der Waals surface area (Å²) in [6, 6.07) is 0. The zero-order valence-corrected chi connectivity index (χ0v) is 6.37. The van der Waals surface area contributed by atoms with E-state index in [1.165, 1.54) is 0 Å². The first-order chi connectivity index (χ1) is 4.71. The number of halogens is 2. The monoisotopic (exact) mass is 148 g/mol. The van der Waals surface area contributed by atoms with Gasteiger partial charge in [-0.1, -0.05) is 19.8 Å². The van der Waals surface area contributed by atoms with E-state index in [9.17, 15) is 8.78 Å². The first kappa shape index (κ1) is 7.96.